The fourth-order valence-electron chi connectivity index (χ4n) is 1.22. The van der Waals surface area contributed by atoms with Gasteiger partial charge in [-0.3, -0.25) is 4.79 Å². The van der Waals surface area contributed by atoms with Crippen LogP contribution in [-0.2, 0) is 0 Å². The Morgan fingerprint density at radius 2 is 2.26 bits per heavy atom. The van der Waals surface area contributed by atoms with Gasteiger partial charge in [-0.15, -0.1) is 5.10 Å². The second-order valence-corrected chi connectivity index (χ2v) is 4.60. The van der Waals surface area contributed by atoms with Gasteiger partial charge in [0.25, 0.3) is 5.91 Å². The van der Waals surface area contributed by atoms with Crippen LogP contribution in [0.2, 0.25) is 5.02 Å². The number of carbonyl (C=O) groups is 1. The van der Waals surface area contributed by atoms with E-state index >= 15 is 0 Å². The molecule has 0 atom stereocenters. The van der Waals surface area contributed by atoms with E-state index in [9.17, 15) is 14.9 Å². The number of nitro groups is 1. The van der Waals surface area contributed by atoms with E-state index in [1.54, 1.807) is 12.1 Å². The van der Waals surface area contributed by atoms with E-state index < -0.39 is 16.6 Å². The molecule has 2 N–H and O–H groups in total. The van der Waals surface area contributed by atoms with E-state index in [1.807, 2.05) is 0 Å². The van der Waals surface area contributed by atoms with Gasteiger partial charge in [-0.05, 0) is 33.0 Å². The lowest BCUT2D eigenvalue weighted by atomic mass is 10.4. The maximum absolute atomic E-state index is 11.8. The quantitative estimate of drug-likeness (QED) is 0.654. The molecule has 8 nitrogen and oxygen atoms in total. The fraction of sp³-hybridized carbons (Fsp3) is 0. The zero-order chi connectivity index (χ0) is 14.0. The first-order chi connectivity index (χ1) is 8.99. The van der Waals surface area contributed by atoms with Crippen LogP contribution in [0.4, 0.5) is 11.6 Å². The molecule has 0 bridgehead atoms. The van der Waals surface area contributed by atoms with Crippen molar-refractivity contribution in [2.75, 3.05) is 5.32 Å². The van der Waals surface area contributed by atoms with Gasteiger partial charge in [-0.1, -0.05) is 16.7 Å². The summed E-state index contributed by atoms with van der Waals surface area (Å²) in [6, 6.07) is 3.23. The van der Waals surface area contributed by atoms with Crippen molar-refractivity contribution in [2.45, 2.75) is 0 Å². The number of halogens is 2. The summed E-state index contributed by atoms with van der Waals surface area (Å²) in [7, 11) is 0. The molecule has 0 aliphatic rings. The Kier molecular flexibility index (Phi) is 3.76. The number of aromatic amines is 1. The minimum atomic E-state index is -0.760. The molecule has 0 radical (unpaired) electrons. The SMILES string of the molecule is O=C(Nc1ccc(Br)cn1)c1n[nH]c([N+](=O)[O-])c1Cl. The van der Waals surface area contributed by atoms with Crippen molar-refractivity contribution in [2.24, 2.45) is 0 Å². The summed E-state index contributed by atoms with van der Waals surface area (Å²) in [5, 5.41) is 18.2. The van der Waals surface area contributed by atoms with E-state index in [4.69, 9.17) is 11.6 Å². The number of hydrogen-bond acceptors (Lipinski definition) is 5. The maximum Gasteiger partial charge on any atom is 0.362 e. The van der Waals surface area contributed by atoms with Crippen molar-refractivity contribution < 1.29 is 9.72 Å². The Balaban J connectivity index is 2.21. The first kappa shape index (κ1) is 13.4. The van der Waals surface area contributed by atoms with Crippen molar-refractivity contribution >= 4 is 45.1 Å². The average molecular weight is 347 g/mol. The molecule has 2 rings (SSSR count). The summed E-state index contributed by atoms with van der Waals surface area (Å²) in [5.41, 5.74) is -0.266. The molecular formula is C9H5BrClN5O3. The Morgan fingerprint density at radius 1 is 1.53 bits per heavy atom. The molecule has 98 valence electrons. The smallest absolute Gasteiger partial charge is 0.358 e. The van der Waals surface area contributed by atoms with Gasteiger partial charge in [0.1, 0.15) is 5.82 Å². The minimum Gasteiger partial charge on any atom is -0.358 e. The van der Waals surface area contributed by atoms with Gasteiger partial charge < -0.3 is 15.4 Å². The van der Waals surface area contributed by atoms with E-state index in [2.05, 4.69) is 36.4 Å². The van der Waals surface area contributed by atoms with Crippen LogP contribution in [0, 0.1) is 10.1 Å². The second kappa shape index (κ2) is 5.33. The lowest BCUT2D eigenvalue weighted by molar-refractivity contribution is -0.389. The van der Waals surface area contributed by atoms with Gasteiger partial charge in [0.2, 0.25) is 0 Å². The van der Waals surface area contributed by atoms with Gasteiger partial charge >= 0.3 is 5.82 Å². The van der Waals surface area contributed by atoms with Crippen molar-refractivity contribution in [3.8, 4) is 0 Å². The molecule has 0 saturated carbocycles. The largest absolute Gasteiger partial charge is 0.362 e. The summed E-state index contributed by atoms with van der Waals surface area (Å²) < 4.78 is 0.749. The number of H-pyrrole nitrogens is 1. The summed E-state index contributed by atoms with van der Waals surface area (Å²) in [5.74, 6) is -0.949. The number of pyridine rings is 1. The number of anilines is 1. The van der Waals surface area contributed by atoms with E-state index in [0.717, 1.165) is 4.47 Å². The molecule has 0 aliphatic carbocycles. The Bertz CT molecular complexity index is 642. The lowest BCUT2D eigenvalue weighted by Gasteiger charge is -2.01. The van der Waals surface area contributed by atoms with Crippen molar-refractivity contribution in [3.63, 3.8) is 0 Å². The molecule has 0 aromatic carbocycles. The molecule has 1 amide bonds. The summed E-state index contributed by atoms with van der Waals surface area (Å²) in [6.45, 7) is 0. The predicted molar refractivity (Wildman–Crippen MR) is 70.1 cm³/mol. The van der Waals surface area contributed by atoms with E-state index in [-0.39, 0.29) is 16.5 Å². The molecule has 2 aromatic rings. The fourth-order valence-corrected chi connectivity index (χ4v) is 1.69. The summed E-state index contributed by atoms with van der Waals surface area (Å²) >= 11 is 8.88. The maximum atomic E-state index is 11.8. The molecule has 19 heavy (non-hydrogen) atoms. The lowest BCUT2D eigenvalue weighted by Crippen LogP contribution is -2.13. The highest BCUT2D eigenvalue weighted by molar-refractivity contribution is 9.10. The predicted octanol–water partition coefficient (Wildman–Crippen LogP) is 2.38. The number of nitrogens with one attached hydrogen (secondary N) is 2. The zero-order valence-corrected chi connectivity index (χ0v) is 11.4. The zero-order valence-electron chi connectivity index (χ0n) is 9.05. The van der Waals surface area contributed by atoms with Gasteiger partial charge in [0.15, 0.2) is 10.7 Å². The monoisotopic (exact) mass is 345 g/mol. The highest BCUT2D eigenvalue weighted by Crippen LogP contribution is 2.25. The molecular weight excluding hydrogens is 341 g/mol. The first-order valence-corrected chi connectivity index (χ1v) is 5.97. The van der Waals surface area contributed by atoms with Crippen LogP contribution in [0.1, 0.15) is 10.5 Å². The average Bonchev–Trinajstić information content (AvgIpc) is 2.74. The van der Waals surface area contributed by atoms with Gasteiger partial charge in [-0.25, -0.2) is 4.98 Å². The molecule has 0 spiro atoms. The Labute approximate surface area is 119 Å². The van der Waals surface area contributed by atoms with Crippen molar-refractivity contribution in [1.29, 1.82) is 0 Å². The van der Waals surface area contributed by atoms with E-state index in [0.29, 0.717) is 0 Å². The first-order valence-electron chi connectivity index (χ1n) is 4.80. The third-order valence-corrected chi connectivity index (χ3v) is 2.88. The van der Waals surface area contributed by atoms with Crippen molar-refractivity contribution in [3.05, 3.63) is 43.6 Å². The van der Waals surface area contributed by atoms with Gasteiger partial charge in [0.05, 0.1) is 0 Å². The van der Waals surface area contributed by atoms with Crippen LogP contribution >= 0.6 is 27.5 Å². The molecule has 0 saturated heterocycles. The number of hydrogen-bond donors (Lipinski definition) is 2. The summed E-state index contributed by atoms with van der Waals surface area (Å²) in [6.07, 6.45) is 1.49. The highest BCUT2D eigenvalue weighted by atomic mass is 79.9. The number of nitrogens with zero attached hydrogens (tertiary/aromatic N) is 3. The van der Waals surface area contributed by atoms with Crippen LogP contribution in [-0.4, -0.2) is 26.0 Å². The van der Waals surface area contributed by atoms with Crippen LogP contribution in [0.3, 0.4) is 0 Å². The topological polar surface area (TPSA) is 114 Å². The normalized spacial score (nSPS) is 10.2. The molecule has 10 heteroatoms. The molecule has 0 unspecified atom stereocenters. The Morgan fingerprint density at radius 3 is 2.79 bits per heavy atom. The minimum absolute atomic E-state index is 0.266. The summed E-state index contributed by atoms with van der Waals surface area (Å²) in [4.78, 5) is 25.5. The van der Waals surface area contributed by atoms with Crippen molar-refractivity contribution in [1.82, 2.24) is 15.2 Å². The molecule has 0 aliphatic heterocycles. The molecule has 0 fully saturated rings. The highest BCUT2D eigenvalue weighted by Gasteiger charge is 2.25. The standard InChI is InChI=1S/C9H5BrClN5O3/c10-4-1-2-5(12-3-4)13-9(17)7-6(11)8(15-14-7)16(18)19/h1-3H,(H,14,15)(H,12,13,17). The molecule has 2 heterocycles. The van der Waals surface area contributed by atoms with Crippen LogP contribution in [0.15, 0.2) is 22.8 Å². The van der Waals surface area contributed by atoms with Crippen LogP contribution < -0.4 is 5.32 Å². The molecule has 2 aromatic heterocycles. The number of rotatable bonds is 3. The number of carbonyl (C=O) groups excluding carboxylic acids is 1. The van der Waals surface area contributed by atoms with Gasteiger partial charge in [-0.2, -0.15) is 0 Å². The third kappa shape index (κ3) is 2.88. The van der Waals surface area contributed by atoms with Gasteiger partial charge in [0, 0.05) is 10.7 Å². The number of aromatic nitrogens is 3. The van der Waals surface area contributed by atoms with E-state index in [1.165, 1.54) is 6.20 Å². The second-order valence-electron chi connectivity index (χ2n) is 3.31. The van der Waals surface area contributed by atoms with Crippen LogP contribution in [0.5, 0.6) is 0 Å². The Hall–Kier alpha value is -2.00. The van der Waals surface area contributed by atoms with Crippen LogP contribution in [0.25, 0.3) is 0 Å². The number of amides is 1. The third-order valence-electron chi connectivity index (χ3n) is 2.06.